The average molecular weight is 675 g/mol. The average Bonchev–Trinajstić information content (AvgIpc) is 3.06. The number of likely N-dealkylation sites (N-methyl/N-ethyl adjacent to an activating group) is 1. The van der Waals surface area contributed by atoms with E-state index in [4.69, 9.17) is 0 Å². The molecule has 0 radical (unpaired) electrons. The number of piperazine rings is 1. The fourth-order valence-electron chi connectivity index (χ4n) is 6.17. The van der Waals surface area contributed by atoms with Gasteiger partial charge >= 0.3 is 5.92 Å². The predicted octanol–water partition coefficient (Wildman–Crippen LogP) is 3.04. The van der Waals surface area contributed by atoms with Gasteiger partial charge in [0.15, 0.2) is 0 Å². The number of halogens is 3. The van der Waals surface area contributed by atoms with Crippen LogP contribution in [0.4, 0.5) is 18.9 Å². The first-order chi connectivity index (χ1) is 22.4. The lowest BCUT2D eigenvalue weighted by Gasteiger charge is -2.34. The number of aromatic nitrogens is 1. The zero-order valence-electron chi connectivity index (χ0n) is 27.3. The molecule has 1 aromatic carbocycles. The molecule has 47 heavy (non-hydrogen) atoms. The van der Waals surface area contributed by atoms with Crippen LogP contribution in [0.5, 0.6) is 0 Å². The van der Waals surface area contributed by atoms with Gasteiger partial charge in [0.2, 0.25) is 17.7 Å². The topological polar surface area (TPSA) is 124 Å². The lowest BCUT2D eigenvalue weighted by molar-refractivity contribution is -0.145. The molecule has 0 bridgehead atoms. The molecule has 2 aliphatic rings. The number of pyridine rings is 1. The summed E-state index contributed by atoms with van der Waals surface area (Å²) in [4.78, 5) is 61.8. The molecule has 2 fully saturated rings. The highest BCUT2D eigenvalue weighted by Crippen LogP contribution is 2.35. The first-order valence-electron chi connectivity index (χ1n) is 16.3. The minimum Gasteiger partial charge on any atom is -0.381 e. The summed E-state index contributed by atoms with van der Waals surface area (Å²) in [7, 11) is 0.0564. The summed E-state index contributed by atoms with van der Waals surface area (Å²) in [6, 6.07) is 4.55. The van der Waals surface area contributed by atoms with Crippen LogP contribution < -0.4 is 15.6 Å². The number of aryl methyl sites for hydroxylation is 1. The first kappa shape index (κ1) is 36.1. The summed E-state index contributed by atoms with van der Waals surface area (Å²) in [6.07, 6.45) is 6.83. The second kappa shape index (κ2) is 16.4. The number of nitrogens with zero attached hydrogens (tertiary/aromatic N) is 3. The van der Waals surface area contributed by atoms with E-state index in [1.165, 1.54) is 24.4 Å². The Bertz CT molecular complexity index is 1430. The van der Waals surface area contributed by atoms with Crippen LogP contribution >= 0.6 is 0 Å². The second-order valence-corrected chi connectivity index (χ2v) is 14.3. The molecule has 2 heterocycles. The molecule has 1 saturated carbocycles. The molecular weight excluding hydrogens is 629 g/mol. The van der Waals surface area contributed by atoms with Crippen LogP contribution in [-0.2, 0) is 31.5 Å². The molecule has 14 heteroatoms. The van der Waals surface area contributed by atoms with E-state index in [9.17, 15) is 28.0 Å². The van der Waals surface area contributed by atoms with Crippen molar-refractivity contribution in [2.75, 3.05) is 38.5 Å². The fraction of sp³-hybridized carbons (Fsp3) is 0.545. The highest BCUT2D eigenvalue weighted by Gasteiger charge is 2.42. The molecule has 2 aromatic rings. The smallest absolute Gasteiger partial charge is 0.350 e. The van der Waals surface area contributed by atoms with Gasteiger partial charge in [-0.3, -0.25) is 24.2 Å². The number of alkyl halides is 2. The Morgan fingerprint density at radius 2 is 1.74 bits per heavy atom. The molecule has 3 N–H and O–H groups in total. The minimum absolute atomic E-state index is 0.0658. The van der Waals surface area contributed by atoms with Crippen molar-refractivity contribution in [1.82, 2.24) is 25.1 Å². The van der Waals surface area contributed by atoms with E-state index < -0.39 is 50.4 Å². The molecule has 256 valence electrons. The lowest BCUT2D eigenvalue weighted by Crippen LogP contribution is -2.54. The molecule has 0 unspecified atom stereocenters. The molecule has 1 aliphatic carbocycles. The van der Waals surface area contributed by atoms with Crippen molar-refractivity contribution in [2.24, 2.45) is 5.92 Å². The van der Waals surface area contributed by atoms with Crippen molar-refractivity contribution in [3.63, 3.8) is 0 Å². The zero-order chi connectivity index (χ0) is 34.1. The maximum Gasteiger partial charge on any atom is 0.350 e. The van der Waals surface area contributed by atoms with Crippen molar-refractivity contribution in [2.45, 2.75) is 76.3 Å². The Morgan fingerprint density at radius 3 is 2.38 bits per heavy atom. The van der Waals surface area contributed by atoms with Gasteiger partial charge in [-0.25, -0.2) is 4.39 Å². The zero-order valence-corrected chi connectivity index (χ0v) is 28.7. The van der Waals surface area contributed by atoms with E-state index in [0.29, 0.717) is 50.1 Å². The third-order valence-corrected chi connectivity index (χ3v) is 11.1. The monoisotopic (exact) mass is 674 g/mol. The van der Waals surface area contributed by atoms with E-state index in [-0.39, 0.29) is 36.3 Å². The van der Waals surface area contributed by atoms with Gasteiger partial charge in [0, 0.05) is 62.5 Å². The molecule has 0 spiro atoms. The van der Waals surface area contributed by atoms with Crippen molar-refractivity contribution >= 4 is 39.0 Å². The van der Waals surface area contributed by atoms with Crippen LogP contribution in [0.2, 0.25) is 5.54 Å². The number of anilines is 1. The minimum atomic E-state index is -3.82. The molecular formula is C33H45F3N6O4Si. The molecule has 1 saturated heterocycles. The molecule has 4 rings (SSSR count). The van der Waals surface area contributed by atoms with Gasteiger partial charge in [-0.05, 0) is 62.1 Å². The van der Waals surface area contributed by atoms with Crippen molar-refractivity contribution < 1.29 is 32.3 Å². The Kier molecular flexibility index (Phi) is 12.5. The number of rotatable bonds is 12. The quantitative estimate of drug-likeness (QED) is 0.298. The van der Waals surface area contributed by atoms with Gasteiger partial charge in [0.25, 0.3) is 5.91 Å². The predicted molar refractivity (Wildman–Crippen MR) is 175 cm³/mol. The fourth-order valence-corrected chi connectivity index (χ4v) is 7.89. The molecule has 1 aromatic heterocycles. The van der Waals surface area contributed by atoms with Crippen molar-refractivity contribution in [1.29, 1.82) is 0 Å². The third kappa shape index (κ3) is 9.63. The van der Waals surface area contributed by atoms with Crippen LogP contribution in [0.3, 0.4) is 0 Å². The summed E-state index contributed by atoms with van der Waals surface area (Å²) in [5.41, 5.74) is -0.382. The number of hydrogen-bond donors (Lipinski definition) is 3. The van der Waals surface area contributed by atoms with E-state index in [1.54, 1.807) is 24.8 Å². The number of carbonyl (C=O) groups excluding carboxylic acids is 4. The van der Waals surface area contributed by atoms with Gasteiger partial charge < -0.3 is 25.4 Å². The second-order valence-electron chi connectivity index (χ2n) is 12.6. The van der Waals surface area contributed by atoms with Crippen LogP contribution in [0.1, 0.15) is 62.1 Å². The first-order valence-corrected chi connectivity index (χ1v) is 17.9. The SMILES string of the molecule is CCC(=O)N[C@H](Cc1ccc(NC(=O)[C@@H]([SiH2]NC(=O)C(F)(F)c2cncc(C)c2)C2CCCCC2)c(F)c1)C(=O)N1CCN(C)CC1. The standard InChI is InChI=1S/C33H45F3N6O4Si/c1-4-28(43)38-27(31(45)42-14-12-41(3)13-15-42)18-22-10-11-26(25(34)17-22)39-30(44)29(23-8-6-5-7-9-23)47-40-32(46)33(35,36)24-16-21(2)19-37-20-24/h10-11,16-17,19-20,23,27,29H,4-9,12-15,18,47H2,1-3H3,(H,38,43)(H,39,44)(H,40,46)/t27-,29+/m1/s1. The van der Waals surface area contributed by atoms with Crippen molar-refractivity contribution in [3.8, 4) is 0 Å². The van der Waals surface area contributed by atoms with E-state index in [2.05, 4.69) is 25.5 Å². The van der Waals surface area contributed by atoms with Crippen LogP contribution in [0.25, 0.3) is 0 Å². The molecule has 10 nitrogen and oxygen atoms in total. The number of benzene rings is 1. The summed E-state index contributed by atoms with van der Waals surface area (Å²) >= 11 is 0. The number of carbonyl (C=O) groups is 4. The van der Waals surface area contributed by atoms with Gasteiger partial charge in [-0.1, -0.05) is 32.3 Å². The Hall–Kier alpha value is -3.78. The van der Waals surface area contributed by atoms with Crippen LogP contribution in [0, 0.1) is 18.7 Å². The highest BCUT2D eigenvalue weighted by molar-refractivity contribution is 6.46. The maximum absolute atomic E-state index is 15.4. The van der Waals surface area contributed by atoms with Crippen LogP contribution in [0.15, 0.2) is 36.7 Å². The molecule has 4 amide bonds. The van der Waals surface area contributed by atoms with Gasteiger partial charge in [0.05, 0.1) is 5.69 Å². The van der Waals surface area contributed by atoms with E-state index >= 15 is 4.39 Å². The number of hydrogen-bond acceptors (Lipinski definition) is 6. The summed E-state index contributed by atoms with van der Waals surface area (Å²) in [6.45, 7) is 5.77. The van der Waals surface area contributed by atoms with Crippen LogP contribution in [-0.4, -0.2) is 87.4 Å². The summed E-state index contributed by atoms with van der Waals surface area (Å²) < 4.78 is 45.4. The van der Waals surface area contributed by atoms with Gasteiger partial charge in [-0.15, -0.1) is 0 Å². The lowest BCUT2D eigenvalue weighted by atomic mass is 9.86. The number of nitrogens with one attached hydrogen (secondary N) is 3. The normalized spacial score (nSPS) is 17.7. The Morgan fingerprint density at radius 1 is 1.04 bits per heavy atom. The summed E-state index contributed by atoms with van der Waals surface area (Å²) in [5.74, 6) is -7.18. The van der Waals surface area contributed by atoms with Crippen molar-refractivity contribution in [3.05, 3.63) is 59.2 Å². The maximum atomic E-state index is 15.4. The van der Waals surface area contributed by atoms with E-state index in [0.717, 1.165) is 25.5 Å². The third-order valence-electron chi connectivity index (χ3n) is 9.06. The van der Waals surface area contributed by atoms with E-state index in [1.807, 2.05) is 7.05 Å². The Balaban J connectivity index is 1.45. The highest BCUT2D eigenvalue weighted by atomic mass is 28.2. The Labute approximate surface area is 276 Å². The summed E-state index contributed by atoms with van der Waals surface area (Å²) in [5, 5.41) is 5.40. The molecule has 1 aliphatic heterocycles. The molecule has 2 atom stereocenters. The van der Waals surface area contributed by atoms with Gasteiger partial charge in [-0.2, -0.15) is 8.78 Å². The largest absolute Gasteiger partial charge is 0.381 e. The number of amides is 4. The van der Waals surface area contributed by atoms with Gasteiger partial charge in [0.1, 0.15) is 21.5 Å².